The van der Waals surface area contributed by atoms with E-state index in [9.17, 15) is 4.79 Å². The van der Waals surface area contributed by atoms with Crippen LogP contribution in [0.4, 0.5) is 0 Å². The molecule has 1 aromatic heterocycles. The lowest BCUT2D eigenvalue weighted by atomic mass is 10.1. The van der Waals surface area contributed by atoms with E-state index in [1.807, 2.05) is 18.3 Å². The second-order valence-corrected chi connectivity index (χ2v) is 5.46. The molecule has 4 nitrogen and oxygen atoms in total. The number of aromatic amines is 1. The molecule has 1 aliphatic heterocycles. The summed E-state index contributed by atoms with van der Waals surface area (Å²) in [6.07, 6.45) is 5.73. The molecule has 1 fully saturated rings. The Hall–Kier alpha value is -1.81. The first kappa shape index (κ1) is 13.2. The van der Waals surface area contributed by atoms with Gasteiger partial charge in [-0.1, -0.05) is 18.2 Å². The molecule has 0 aliphatic carbocycles. The van der Waals surface area contributed by atoms with Crippen LogP contribution in [0.3, 0.4) is 0 Å². The van der Waals surface area contributed by atoms with Crippen LogP contribution in [0.15, 0.2) is 30.5 Å². The number of aromatic nitrogens is 1. The normalized spacial score (nSPS) is 18.5. The third-order valence-corrected chi connectivity index (χ3v) is 4.00. The number of carbonyl (C=O) groups excluding carboxylic acids is 1. The number of rotatable bonds is 5. The predicted octanol–water partition coefficient (Wildman–Crippen LogP) is 1.97. The number of benzene rings is 1. The second kappa shape index (κ2) is 6.09. The van der Waals surface area contributed by atoms with Crippen LogP contribution >= 0.6 is 0 Å². The van der Waals surface area contributed by atoms with Crippen LogP contribution in [0.25, 0.3) is 10.9 Å². The first-order chi connectivity index (χ1) is 9.83. The molecular weight excluding hydrogens is 250 g/mol. The molecule has 3 rings (SSSR count). The number of carbonyl (C=O) groups is 1. The zero-order valence-corrected chi connectivity index (χ0v) is 11.6. The van der Waals surface area contributed by atoms with Crippen LogP contribution in [0.1, 0.15) is 24.8 Å². The average Bonchev–Trinajstić information content (AvgIpc) is 3.12. The Morgan fingerprint density at radius 3 is 3.10 bits per heavy atom. The molecule has 1 unspecified atom stereocenters. The lowest BCUT2D eigenvalue weighted by Crippen LogP contribution is -2.37. The largest absolute Gasteiger partial charge is 0.361 e. The van der Waals surface area contributed by atoms with Crippen molar-refractivity contribution < 1.29 is 4.79 Å². The van der Waals surface area contributed by atoms with E-state index in [4.69, 9.17) is 0 Å². The van der Waals surface area contributed by atoms with Gasteiger partial charge in [0, 0.05) is 36.1 Å². The van der Waals surface area contributed by atoms with Gasteiger partial charge in [-0.05, 0) is 37.4 Å². The third-order valence-electron chi connectivity index (χ3n) is 4.00. The molecule has 0 bridgehead atoms. The van der Waals surface area contributed by atoms with Crippen molar-refractivity contribution in [1.82, 2.24) is 15.6 Å². The fourth-order valence-corrected chi connectivity index (χ4v) is 2.84. The van der Waals surface area contributed by atoms with Gasteiger partial charge in [0.05, 0.1) is 0 Å². The van der Waals surface area contributed by atoms with Crippen molar-refractivity contribution in [2.24, 2.45) is 0 Å². The van der Waals surface area contributed by atoms with Gasteiger partial charge in [-0.25, -0.2) is 0 Å². The van der Waals surface area contributed by atoms with Gasteiger partial charge in [-0.3, -0.25) is 4.79 Å². The highest BCUT2D eigenvalue weighted by Crippen LogP contribution is 2.18. The number of hydrogen-bond acceptors (Lipinski definition) is 2. The van der Waals surface area contributed by atoms with E-state index >= 15 is 0 Å². The first-order valence-electron chi connectivity index (χ1n) is 7.38. The van der Waals surface area contributed by atoms with E-state index in [0.29, 0.717) is 12.5 Å². The summed E-state index contributed by atoms with van der Waals surface area (Å²) in [6, 6.07) is 8.67. The molecule has 1 saturated heterocycles. The van der Waals surface area contributed by atoms with Crippen molar-refractivity contribution >= 4 is 16.8 Å². The highest BCUT2D eigenvalue weighted by molar-refractivity contribution is 5.84. The lowest BCUT2D eigenvalue weighted by molar-refractivity contribution is -0.121. The summed E-state index contributed by atoms with van der Waals surface area (Å²) in [7, 11) is 0. The van der Waals surface area contributed by atoms with Crippen molar-refractivity contribution in [1.29, 1.82) is 0 Å². The van der Waals surface area contributed by atoms with Crippen molar-refractivity contribution in [3.8, 4) is 0 Å². The van der Waals surface area contributed by atoms with Crippen molar-refractivity contribution in [3.05, 3.63) is 36.0 Å². The fourth-order valence-electron chi connectivity index (χ4n) is 2.84. The number of H-pyrrole nitrogens is 1. The standard InChI is InChI=1S/C16H21N3O/c20-16(19-11-13-4-3-9-17-13)8-7-12-10-18-15-6-2-1-5-14(12)15/h1-2,5-6,10,13,17-18H,3-4,7-9,11H2,(H,19,20). The summed E-state index contributed by atoms with van der Waals surface area (Å²) >= 11 is 0. The predicted molar refractivity (Wildman–Crippen MR) is 80.7 cm³/mol. The molecule has 0 spiro atoms. The van der Waals surface area contributed by atoms with Gasteiger partial charge >= 0.3 is 0 Å². The van der Waals surface area contributed by atoms with Gasteiger partial charge in [0.15, 0.2) is 0 Å². The van der Waals surface area contributed by atoms with Crippen LogP contribution in [0.2, 0.25) is 0 Å². The SMILES string of the molecule is O=C(CCc1c[nH]c2ccccc12)NCC1CCCN1. The minimum Gasteiger partial charge on any atom is -0.361 e. The molecule has 2 aromatic rings. The maximum Gasteiger partial charge on any atom is 0.220 e. The number of fused-ring (bicyclic) bond motifs is 1. The topological polar surface area (TPSA) is 56.9 Å². The van der Waals surface area contributed by atoms with Crippen LogP contribution in [-0.2, 0) is 11.2 Å². The van der Waals surface area contributed by atoms with Crippen LogP contribution < -0.4 is 10.6 Å². The maximum absolute atomic E-state index is 11.9. The first-order valence-corrected chi connectivity index (χ1v) is 7.38. The number of nitrogens with one attached hydrogen (secondary N) is 3. The highest BCUT2D eigenvalue weighted by Gasteiger charge is 2.14. The summed E-state index contributed by atoms with van der Waals surface area (Å²) in [4.78, 5) is 15.1. The van der Waals surface area contributed by atoms with E-state index in [1.165, 1.54) is 23.8 Å². The van der Waals surface area contributed by atoms with E-state index in [-0.39, 0.29) is 5.91 Å². The summed E-state index contributed by atoms with van der Waals surface area (Å²) in [5.74, 6) is 0.143. The van der Waals surface area contributed by atoms with Gasteiger partial charge in [-0.2, -0.15) is 0 Å². The van der Waals surface area contributed by atoms with Gasteiger partial charge in [0.1, 0.15) is 0 Å². The maximum atomic E-state index is 11.9. The fraction of sp³-hybridized carbons (Fsp3) is 0.438. The van der Waals surface area contributed by atoms with Gasteiger partial charge in [-0.15, -0.1) is 0 Å². The van der Waals surface area contributed by atoms with Crippen LogP contribution in [0, 0.1) is 0 Å². The summed E-state index contributed by atoms with van der Waals surface area (Å²) in [5.41, 5.74) is 2.35. The zero-order chi connectivity index (χ0) is 13.8. The molecule has 106 valence electrons. The van der Waals surface area contributed by atoms with Gasteiger partial charge in [0.2, 0.25) is 5.91 Å². The summed E-state index contributed by atoms with van der Waals surface area (Å²) in [6.45, 7) is 1.84. The minimum absolute atomic E-state index is 0.143. The Bertz CT molecular complexity index is 584. The molecule has 1 aromatic carbocycles. The Labute approximate surface area is 118 Å². The van der Waals surface area contributed by atoms with E-state index in [2.05, 4.69) is 27.8 Å². The Kier molecular flexibility index (Phi) is 4.02. The van der Waals surface area contributed by atoms with Gasteiger partial charge < -0.3 is 15.6 Å². The summed E-state index contributed by atoms with van der Waals surface area (Å²) < 4.78 is 0. The quantitative estimate of drug-likeness (QED) is 0.778. The molecule has 4 heteroatoms. The molecule has 2 heterocycles. The number of amides is 1. The molecule has 20 heavy (non-hydrogen) atoms. The molecule has 1 aliphatic rings. The Balaban J connectivity index is 1.49. The molecule has 0 saturated carbocycles. The summed E-state index contributed by atoms with van der Waals surface area (Å²) in [5, 5.41) is 7.63. The van der Waals surface area contributed by atoms with E-state index in [1.54, 1.807) is 0 Å². The van der Waals surface area contributed by atoms with E-state index in [0.717, 1.165) is 25.0 Å². The molecule has 1 atom stereocenters. The smallest absolute Gasteiger partial charge is 0.220 e. The molecular formula is C16H21N3O. The number of aryl methyl sites for hydroxylation is 1. The van der Waals surface area contributed by atoms with Crippen LogP contribution in [0.5, 0.6) is 0 Å². The molecule has 0 radical (unpaired) electrons. The Morgan fingerprint density at radius 2 is 2.25 bits per heavy atom. The van der Waals surface area contributed by atoms with Crippen molar-refractivity contribution in [2.75, 3.05) is 13.1 Å². The van der Waals surface area contributed by atoms with E-state index < -0.39 is 0 Å². The minimum atomic E-state index is 0.143. The zero-order valence-electron chi connectivity index (χ0n) is 11.6. The van der Waals surface area contributed by atoms with Crippen molar-refractivity contribution in [2.45, 2.75) is 31.7 Å². The molecule has 3 N–H and O–H groups in total. The molecule has 1 amide bonds. The third kappa shape index (κ3) is 3.02. The monoisotopic (exact) mass is 271 g/mol. The Morgan fingerprint density at radius 1 is 1.35 bits per heavy atom. The average molecular weight is 271 g/mol. The van der Waals surface area contributed by atoms with Crippen molar-refractivity contribution in [3.63, 3.8) is 0 Å². The second-order valence-electron chi connectivity index (χ2n) is 5.46. The van der Waals surface area contributed by atoms with Gasteiger partial charge in [0.25, 0.3) is 0 Å². The number of hydrogen-bond donors (Lipinski definition) is 3. The lowest BCUT2D eigenvalue weighted by Gasteiger charge is -2.11. The van der Waals surface area contributed by atoms with Crippen LogP contribution in [-0.4, -0.2) is 30.0 Å². The highest BCUT2D eigenvalue weighted by atomic mass is 16.1. The number of para-hydroxylation sites is 1.